The van der Waals surface area contributed by atoms with Crippen molar-refractivity contribution in [2.75, 3.05) is 11.9 Å². The van der Waals surface area contributed by atoms with Gasteiger partial charge in [0.15, 0.2) is 0 Å². The van der Waals surface area contributed by atoms with Crippen LogP contribution >= 0.6 is 0 Å². The van der Waals surface area contributed by atoms with Crippen molar-refractivity contribution in [3.05, 3.63) is 62.6 Å². The minimum absolute atomic E-state index is 0.0828. The van der Waals surface area contributed by atoms with Crippen LogP contribution < -0.4 is 16.6 Å². The van der Waals surface area contributed by atoms with Crippen LogP contribution in [0.3, 0.4) is 0 Å². The average Bonchev–Trinajstić information content (AvgIpc) is 3.07. The first kappa shape index (κ1) is 23.8. The Labute approximate surface area is 190 Å². The Bertz CT molecular complexity index is 1320. The van der Waals surface area contributed by atoms with Crippen molar-refractivity contribution in [3.63, 3.8) is 0 Å². The molecule has 33 heavy (non-hydrogen) atoms. The van der Waals surface area contributed by atoms with Crippen LogP contribution in [-0.2, 0) is 9.53 Å². The Hall–Kier alpha value is -3.88. The summed E-state index contributed by atoms with van der Waals surface area (Å²) >= 11 is 0. The zero-order valence-electron chi connectivity index (χ0n) is 19.3. The van der Waals surface area contributed by atoms with Crippen molar-refractivity contribution in [3.8, 4) is 0 Å². The lowest BCUT2D eigenvalue weighted by Crippen LogP contribution is -2.34. The number of furan rings is 1. The van der Waals surface area contributed by atoms with Gasteiger partial charge in [-0.05, 0) is 45.2 Å². The normalized spacial score (nSPS) is 11.9. The second-order valence-electron chi connectivity index (χ2n) is 7.74. The lowest BCUT2D eigenvalue weighted by molar-refractivity contribution is -0.119. The van der Waals surface area contributed by atoms with Crippen molar-refractivity contribution in [2.24, 2.45) is 5.73 Å². The van der Waals surface area contributed by atoms with Crippen molar-refractivity contribution in [1.29, 1.82) is 0 Å². The molecule has 1 aromatic carbocycles. The van der Waals surface area contributed by atoms with Gasteiger partial charge in [0.2, 0.25) is 11.8 Å². The molecule has 3 aromatic rings. The number of carbonyl (C=O) groups is 3. The number of aryl methyl sites for hydroxylation is 3. The van der Waals surface area contributed by atoms with Crippen molar-refractivity contribution in [2.45, 2.75) is 47.1 Å². The molecule has 0 aliphatic heterocycles. The standard InChI is InChI=1S/C24H27N3O6/c1-6-16(27-17(28)11-13(4)15-10-8-9-12(3)20(15)27)22(30)26-23-19(21(25)29)18(14(5)33-23)24(31)32-7-2/h8-11,16H,6-7H2,1-5H3,(H2,25,29)(H,26,30). The first-order valence-electron chi connectivity index (χ1n) is 10.6. The Kier molecular flexibility index (Phi) is 6.71. The van der Waals surface area contributed by atoms with Gasteiger partial charge >= 0.3 is 5.97 Å². The minimum atomic E-state index is -0.952. The van der Waals surface area contributed by atoms with Crippen LogP contribution in [0.15, 0.2) is 33.5 Å². The van der Waals surface area contributed by atoms with E-state index in [1.807, 2.05) is 32.0 Å². The van der Waals surface area contributed by atoms with Crippen LogP contribution in [0.25, 0.3) is 10.9 Å². The van der Waals surface area contributed by atoms with Gasteiger partial charge in [0.25, 0.3) is 11.5 Å². The molecule has 174 valence electrons. The largest absolute Gasteiger partial charge is 0.462 e. The molecule has 2 aromatic heterocycles. The molecule has 2 heterocycles. The van der Waals surface area contributed by atoms with E-state index in [-0.39, 0.29) is 41.4 Å². The third-order valence-corrected chi connectivity index (χ3v) is 5.53. The number of nitrogens with one attached hydrogen (secondary N) is 1. The third-order valence-electron chi connectivity index (χ3n) is 5.53. The highest BCUT2D eigenvalue weighted by atomic mass is 16.5. The first-order chi connectivity index (χ1) is 15.6. The number of carbonyl (C=O) groups excluding carboxylic acids is 3. The molecule has 9 heteroatoms. The molecule has 0 saturated heterocycles. The van der Waals surface area contributed by atoms with E-state index in [2.05, 4.69) is 5.32 Å². The zero-order chi connectivity index (χ0) is 24.4. The fraction of sp³-hybridized carbons (Fsp3) is 0.333. The maximum atomic E-state index is 13.3. The van der Waals surface area contributed by atoms with E-state index < -0.39 is 23.8 Å². The fourth-order valence-electron chi connectivity index (χ4n) is 4.05. The predicted octanol–water partition coefficient (Wildman–Crippen LogP) is 3.39. The van der Waals surface area contributed by atoms with E-state index in [1.165, 1.54) is 17.6 Å². The topological polar surface area (TPSA) is 134 Å². The van der Waals surface area contributed by atoms with E-state index in [0.717, 1.165) is 16.5 Å². The summed E-state index contributed by atoms with van der Waals surface area (Å²) < 4.78 is 11.9. The second kappa shape index (κ2) is 9.32. The van der Waals surface area contributed by atoms with Crippen LogP contribution in [0.2, 0.25) is 0 Å². The number of benzene rings is 1. The number of ether oxygens (including phenoxy) is 1. The monoisotopic (exact) mass is 453 g/mol. The number of para-hydroxylation sites is 1. The first-order valence-corrected chi connectivity index (χ1v) is 10.6. The summed E-state index contributed by atoms with van der Waals surface area (Å²) in [7, 11) is 0. The van der Waals surface area contributed by atoms with E-state index in [1.54, 1.807) is 13.8 Å². The Morgan fingerprint density at radius 1 is 1.12 bits per heavy atom. The summed E-state index contributed by atoms with van der Waals surface area (Å²) in [6, 6.07) is 6.24. The van der Waals surface area contributed by atoms with Gasteiger partial charge in [-0.2, -0.15) is 0 Å². The quantitative estimate of drug-likeness (QED) is 0.527. The number of rotatable bonds is 7. The number of nitrogens with two attached hydrogens (primary N) is 1. The Morgan fingerprint density at radius 2 is 1.82 bits per heavy atom. The molecule has 0 aliphatic carbocycles. The molecule has 0 bridgehead atoms. The highest BCUT2D eigenvalue weighted by Crippen LogP contribution is 2.30. The Morgan fingerprint density at radius 3 is 2.42 bits per heavy atom. The highest BCUT2D eigenvalue weighted by molar-refractivity contribution is 6.11. The smallest absolute Gasteiger partial charge is 0.342 e. The highest BCUT2D eigenvalue weighted by Gasteiger charge is 2.31. The molecule has 0 radical (unpaired) electrons. The lowest BCUT2D eigenvalue weighted by Gasteiger charge is -2.21. The maximum Gasteiger partial charge on any atom is 0.342 e. The molecule has 0 spiro atoms. The Balaban J connectivity index is 2.11. The van der Waals surface area contributed by atoms with Crippen LogP contribution in [0, 0.1) is 20.8 Å². The van der Waals surface area contributed by atoms with E-state index >= 15 is 0 Å². The number of esters is 1. The number of hydrogen-bond donors (Lipinski definition) is 2. The maximum absolute atomic E-state index is 13.3. The van der Waals surface area contributed by atoms with Crippen LogP contribution in [-0.4, -0.2) is 29.0 Å². The molecule has 0 saturated carbocycles. The summed E-state index contributed by atoms with van der Waals surface area (Å²) in [5.74, 6) is -2.49. The molecule has 9 nitrogen and oxygen atoms in total. The summed E-state index contributed by atoms with van der Waals surface area (Å²) in [5, 5.41) is 3.41. The molecule has 1 unspecified atom stereocenters. The fourth-order valence-corrected chi connectivity index (χ4v) is 4.05. The van der Waals surface area contributed by atoms with Crippen LogP contribution in [0.1, 0.15) is 63.9 Å². The SMILES string of the molecule is CCOC(=O)c1c(C)oc(NC(=O)C(CC)n2c(=O)cc(C)c3cccc(C)c32)c1C(N)=O. The van der Waals surface area contributed by atoms with Crippen LogP contribution in [0.4, 0.5) is 5.88 Å². The van der Waals surface area contributed by atoms with Crippen molar-refractivity contribution < 1.29 is 23.5 Å². The average molecular weight is 453 g/mol. The number of hydrogen-bond acceptors (Lipinski definition) is 6. The van der Waals surface area contributed by atoms with Gasteiger partial charge in [-0.1, -0.05) is 25.1 Å². The third kappa shape index (κ3) is 4.26. The molecule has 0 fully saturated rings. The summed E-state index contributed by atoms with van der Waals surface area (Å²) in [6.07, 6.45) is 0.286. The minimum Gasteiger partial charge on any atom is -0.462 e. The molecular formula is C24H27N3O6. The number of fused-ring (bicyclic) bond motifs is 1. The molecular weight excluding hydrogens is 426 g/mol. The number of aromatic nitrogens is 1. The van der Waals surface area contributed by atoms with E-state index in [4.69, 9.17) is 14.9 Å². The van der Waals surface area contributed by atoms with Gasteiger partial charge < -0.3 is 14.9 Å². The van der Waals surface area contributed by atoms with E-state index in [0.29, 0.717) is 5.52 Å². The molecule has 3 rings (SSSR count). The molecule has 0 aliphatic rings. The van der Waals surface area contributed by atoms with Crippen molar-refractivity contribution >= 4 is 34.6 Å². The van der Waals surface area contributed by atoms with Gasteiger partial charge in [-0.3, -0.25) is 24.3 Å². The van der Waals surface area contributed by atoms with Crippen LogP contribution in [0.5, 0.6) is 0 Å². The summed E-state index contributed by atoms with van der Waals surface area (Å²) in [5.41, 5.74) is 7.05. The number of amides is 2. The number of nitrogens with zero attached hydrogens (tertiary/aromatic N) is 1. The van der Waals surface area contributed by atoms with Gasteiger partial charge in [-0.25, -0.2) is 4.79 Å². The zero-order valence-corrected chi connectivity index (χ0v) is 19.3. The number of pyridine rings is 1. The predicted molar refractivity (Wildman–Crippen MR) is 124 cm³/mol. The number of anilines is 1. The summed E-state index contributed by atoms with van der Waals surface area (Å²) in [6.45, 7) is 8.66. The van der Waals surface area contributed by atoms with Gasteiger partial charge in [0, 0.05) is 11.5 Å². The second-order valence-corrected chi connectivity index (χ2v) is 7.74. The van der Waals surface area contributed by atoms with Gasteiger partial charge in [0.1, 0.15) is 22.9 Å². The molecule has 3 N–H and O–H groups in total. The molecule has 2 amide bonds. The number of primary amides is 1. The van der Waals surface area contributed by atoms with Crippen molar-refractivity contribution in [1.82, 2.24) is 4.57 Å². The van der Waals surface area contributed by atoms with Gasteiger partial charge in [-0.15, -0.1) is 0 Å². The molecule has 1 atom stereocenters. The summed E-state index contributed by atoms with van der Waals surface area (Å²) in [4.78, 5) is 50.7. The van der Waals surface area contributed by atoms with Gasteiger partial charge in [0.05, 0.1) is 12.1 Å². The lowest BCUT2D eigenvalue weighted by atomic mass is 10.0. The van der Waals surface area contributed by atoms with E-state index in [9.17, 15) is 19.2 Å².